The minimum absolute atomic E-state index is 0.479. The van der Waals surface area contributed by atoms with E-state index in [9.17, 15) is 4.79 Å². The van der Waals surface area contributed by atoms with E-state index in [2.05, 4.69) is 29.3 Å². The van der Waals surface area contributed by atoms with Crippen molar-refractivity contribution >= 4 is 5.91 Å². The van der Waals surface area contributed by atoms with Crippen molar-refractivity contribution in [1.82, 2.24) is 20.2 Å². The highest BCUT2D eigenvalue weighted by Gasteiger charge is 2.15. The number of nitrogens with zero attached hydrogens (tertiary/aromatic N) is 4. The Morgan fingerprint density at radius 3 is 2.37 bits per heavy atom. The monoisotopic (exact) mass is 259 g/mol. The summed E-state index contributed by atoms with van der Waals surface area (Å²) < 4.78 is 0. The number of hydrogen-bond donors (Lipinski definition) is 1. The SMILES string of the molecule is CC(C)c1ccc(-c2nnn([C@@H](C)C(N)=O)n2)cc1. The molecule has 0 spiro atoms. The zero-order chi connectivity index (χ0) is 14.0. The number of carbonyl (C=O) groups excluding carboxylic acids is 1. The fourth-order valence-corrected chi connectivity index (χ4v) is 1.64. The minimum Gasteiger partial charge on any atom is -0.368 e. The van der Waals surface area contributed by atoms with Crippen molar-refractivity contribution in [3.63, 3.8) is 0 Å². The first kappa shape index (κ1) is 13.2. The Hall–Kier alpha value is -2.24. The molecule has 0 bridgehead atoms. The lowest BCUT2D eigenvalue weighted by molar-refractivity contribution is -0.121. The van der Waals surface area contributed by atoms with E-state index in [0.29, 0.717) is 11.7 Å². The number of aromatic nitrogens is 4. The summed E-state index contributed by atoms with van der Waals surface area (Å²) >= 11 is 0. The molecule has 6 heteroatoms. The average molecular weight is 259 g/mol. The topological polar surface area (TPSA) is 86.7 Å². The van der Waals surface area contributed by atoms with Crippen LogP contribution in [0.3, 0.4) is 0 Å². The van der Waals surface area contributed by atoms with Gasteiger partial charge in [0.15, 0.2) is 0 Å². The molecule has 0 unspecified atom stereocenters. The molecule has 0 radical (unpaired) electrons. The number of primary amides is 1. The van der Waals surface area contributed by atoms with E-state index in [-0.39, 0.29) is 0 Å². The van der Waals surface area contributed by atoms with Crippen molar-refractivity contribution in [1.29, 1.82) is 0 Å². The summed E-state index contributed by atoms with van der Waals surface area (Å²) in [4.78, 5) is 12.3. The van der Waals surface area contributed by atoms with Gasteiger partial charge in [-0.1, -0.05) is 38.1 Å². The first-order valence-corrected chi connectivity index (χ1v) is 6.18. The van der Waals surface area contributed by atoms with Gasteiger partial charge < -0.3 is 5.73 Å². The van der Waals surface area contributed by atoms with Gasteiger partial charge in [0, 0.05) is 5.56 Å². The van der Waals surface area contributed by atoms with Crippen LogP contribution in [0.1, 0.15) is 38.3 Å². The van der Waals surface area contributed by atoms with Gasteiger partial charge in [0.05, 0.1) is 0 Å². The van der Waals surface area contributed by atoms with Crippen molar-refractivity contribution in [3.05, 3.63) is 29.8 Å². The van der Waals surface area contributed by atoms with Crippen LogP contribution in [0.4, 0.5) is 0 Å². The number of rotatable bonds is 4. The van der Waals surface area contributed by atoms with Crippen LogP contribution in [0.15, 0.2) is 24.3 Å². The van der Waals surface area contributed by atoms with Gasteiger partial charge in [-0.15, -0.1) is 10.2 Å². The molecule has 19 heavy (non-hydrogen) atoms. The normalized spacial score (nSPS) is 12.6. The molecule has 100 valence electrons. The predicted molar refractivity (Wildman–Crippen MR) is 71.2 cm³/mol. The molecule has 0 aliphatic heterocycles. The van der Waals surface area contributed by atoms with E-state index in [1.54, 1.807) is 6.92 Å². The first-order chi connectivity index (χ1) is 8.99. The average Bonchev–Trinajstić information content (AvgIpc) is 2.87. The number of tetrazole rings is 1. The molecule has 1 amide bonds. The van der Waals surface area contributed by atoms with Gasteiger partial charge in [0.1, 0.15) is 6.04 Å². The van der Waals surface area contributed by atoms with Crippen LogP contribution in [0.2, 0.25) is 0 Å². The summed E-state index contributed by atoms with van der Waals surface area (Å²) in [6.45, 7) is 5.91. The smallest absolute Gasteiger partial charge is 0.243 e. The fraction of sp³-hybridized carbons (Fsp3) is 0.385. The van der Waals surface area contributed by atoms with E-state index >= 15 is 0 Å². The summed E-state index contributed by atoms with van der Waals surface area (Å²) in [5.74, 6) is 0.482. The number of carbonyl (C=O) groups is 1. The lowest BCUT2D eigenvalue weighted by Gasteiger charge is -2.05. The first-order valence-electron chi connectivity index (χ1n) is 6.18. The Kier molecular flexibility index (Phi) is 3.59. The molecule has 2 N–H and O–H groups in total. The van der Waals surface area contributed by atoms with Crippen molar-refractivity contribution in [2.45, 2.75) is 32.7 Å². The third kappa shape index (κ3) is 2.78. The standard InChI is InChI=1S/C13H17N5O/c1-8(2)10-4-6-11(7-5-10)13-15-17-18(16-13)9(3)12(14)19/h4-9H,1-3H3,(H2,14,19)/t9-/m0/s1. The van der Waals surface area contributed by atoms with Gasteiger partial charge >= 0.3 is 0 Å². The van der Waals surface area contributed by atoms with E-state index in [1.807, 2.05) is 24.3 Å². The molecule has 1 aromatic heterocycles. The molecule has 1 heterocycles. The third-order valence-electron chi connectivity index (χ3n) is 3.02. The summed E-state index contributed by atoms with van der Waals surface area (Å²) in [5.41, 5.74) is 7.32. The minimum atomic E-state index is -0.601. The largest absolute Gasteiger partial charge is 0.368 e. The molecular weight excluding hydrogens is 242 g/mol. The van der Waals surface area contributed by atoms with Gasteiger partial charge in [0.2, 0.25) is 11.7 Å². The van der Waals surface area contributed by atoms with Crippen LogP contribution in [0, 0.1) is 0 Å². The number of amides is 1. The van der Waals surface area contributed by atoms with E-state index in [0.717, 1.165) is 5.56 Å². The van der Waals surface area contributed by atoms with Gasteiger partial charge in [-0.25, -0.2) is 0 Å². The Bertz CT molecular complexity index is 573. The zero-order valence-electron chi connectivity index (χ0n) is 11.2. The van der Waals surface area contributed by atoms with Crippen LogP contribution in [0.25, 0.3) is 11.4 Å². The molecule has 0 fully saturated rings. The van der Waals surface area contributed by atoms with E-state index < -0.39 is 11.9 Å². The second kappa shape index (κ2) is 5.17. The highest BCUT2D eigenvalue weighted by Crippen LogP contribution is 2.19. The Morgan fingerprint density at radius 1 is 1.21 bits per heavy atom. The summed E-state index contributed by atoms with van der Waals surface area (Å²) in [6, 6.07) is 7.38. The number of benzene rings is 1. The Morgan fingerprint density at radius 2 is 1.84 bits per heavy atom. The number of hydrogen-bond acceptors (Lipinski definition) is 4. The highest BCUT2D eigenvalue weighted by atomic mass is 16.1. The molecule has 1 atom stereocenters. The van der Waals surface area contributed by atoms with Gasteiger partial charge in [-0.3, -0.25) is 4.79 Å². The molecule has 2 rings (SSSR count). The quantitative estimate of drug-likeness (QED) is 0.901. The van der Waals surface area contributed by atoms with Crippen LogP contribution in [0.5, 0.6) is 0 Å². The van der Waals surface area contributed by atoms with Crippen LogP contribution in [-0.4, -0.2) is 26.1 Å². The van der Waals surface area contributed by atoms with Crippen molar-refractivity contribution < 1.29 is 4.79 Å². The molecule has 0 aliphatic carbocycles. The van der Waals surface area contributed by atoms with Crippen LogP contribution < -0.4 is 5.73 Å². The third-order valence-corrected chi connectivity index (χ3v) is 3.02. The Balaban J connectivity index is 2.25. The summed E-state index contributed by atoms with van der Waals surface area (Å²) in [7, 11) is 0. The molecule has 6 nitrogen and oxygen atoms in total. The fourth-order valence-electron chi connectivity index (χ4n) is 1.64. The van der Waals surface area contributed by atoms with E-state index in [1.165, 1.54) is 10.4 Å². The van der Waals surface area contributed by atoms with Gasteiger partial charge in [-0.05, 0) is 23.6 Å². The Labute approximate surface area is 111 Å². The predicted octanol–water partition coefficient (Wildman–Crippen LogP) is 1.51. The summed E-state index contributed by atoms with van der Waals surface area (Å²) in [6.07, 6.45) is 0. The molecule has 0 aliphatic rings. The second-order valence-corrected chi connectivity index (χ2v) is 4.79. The van der Waals surface area contributed by atoms with Gasteiger partial charge in [0.25, 0.3) is 0 Å². The summed E-state index contributed by atoms with van der Waals surface area (Å²) in [5, 5.41) is 12.0. The van der Waals surface area contributed by atoms with E-state index in [4.69, 9.17) is 5.73 Å². The molecule has 2 aromatic rings. The number of nitrogens with two attached hydrogens (primary N) is 1. The molecule has 0 saturated heterocycles. The van der Waals surface area contributed by atoms with Crippen molar-refractivity contribution in [3.8, 4) is 11.4 Å². The highest BCUT2D eigenvalue weighted by molar-refractivity contribution is 5.77. The molecule has 1 aromatic carbocycles. The second-order valence-electron chi connectivity index (χ2n) is 4.79. The van der Waals surface area contributed by atoms with Crippen LogP contribution in [-0.2, 0) is 4.79 Å². The lowest BCUT2D eigenvalue weighted by Crippen LogP contribution is -2.25. The maximum absolute atomic E-state index is 11.1. The maximum Gasteiger partial charge on any atom is 0.243 e. The maximum atomic E-state index is 11.1. The van der Waals surface area contributed by atoms with Gasteiger partial charge in [-0.2, -0.15) is 4.80 Å². The zero-order valence-corrected chi connectivity index (χ0v) is 11.2. The van der Waals surface area contributed by atoms with Crippen LogP contribution >= 0.6 is 0 Å². The van der Waals surface area contributed by atoms with Crippen molar-refractivity contribution in [2.75, 3.05) is 0 Å². The molecular formula is C13H17N5O. The lowest BCUT2D eigenvalue weighted by atomic mass is 10.0. The van der Waals surface area contributed by atoms with Crippen molar-refractivity contribution in [2.24, 2.45) is 5.73 Å². The molecule has 0 saturated carbocycles.